The molecule has 5 heteroatoms. The average molecular weight is 363 g/mol. The van der Waals surface area contributed by atoms with E-state index in [0.29, 0.717) is 23.6 Å². The molecule has 0 atom stereocenters. The first kappa shape index (κ1) is 18.1. The number of ether oxygens (including phenoxy) is 2. The Balaban J connectivity index is 0.00000220. The van der Waals surface area contributed by atoms with Crippen molar-refractivity contribution < 1.29 is 46.6 Å². The predicted molar refractivity (Wildman–Crippen MR) is 76.2 cm³/mol. The predicted octanol–water partition coefficient (Wildman–Crippen LogP) is 3.36. The molecule has 1 aliphatic heterocycles. The summed E-state index contributed by atoms with van der Waals surface area (Å²) < 4.78 is 24.6. The molecule has 0 amide bonds. The molecular weight excluding hydrogens is 346 g/mol. The van der Waals surface area contributed by atoms with Gasteiger partial charge in [0, 0.05) is 46.4 Å². The molecule has 0 unspecified atom stereocenters. The Morgan fingerprint density at radius 1 is 1.38 bits per heavy atom. The van der Waals surface area contributed by atoms with Crippen LogP contribution >= 0.6 is 0 Å². The summed E-state index contributed by atoms with van der Waals surface area (Å²) in [5, 5.41) is 0. The molecule has 0 bridgehead atoms. The topological polar surface area (TPSA) is 21.7 Å². The minimum absolute atomic E-state index is 0. The van der Waals surface area contributed by atoms with Crippen LogP contribution in [0.3, 0.4) is 0 Å². The van der Waals surface area contributed by atoms with Crippen molar-refractivity contribution in [3.05, 3.63) is 60.1 Å². The molecule has 0 spiro atoms. The van der Waals surface area contributed by atoms with Crippen LogP contribution in [0.5, 0.6) is 5.75 Å². The zero-order valence-electron chi connectivity index (χ0n) is 12.2. The molecule has 1 radical (unpaired) electrons. The van der Waals surface area contributed by atoms with E-state index in [1.165, 1.54) is 13.2 Å². The molecule has 1 aromatic carbocycles. The molecular formula is C16H17FNO2Y-. The quantitative estimate of drug-likeness (QED) is 0.592. The van der Waals surface area contributed by atoms with Gasteiger partial charge in [0.2, 0.25) is 0 Å². The van der Waals surface area contributed by atoms with Gasteiger partial charge in [0.25, 0.3) is 0 Å². The summed E-state index contributed by atoms with van der Waals surface area (Å²) in [6, 6.07) is 4.72. The van der Waals surface area contributed by atoms with E-state index in [4.69, 9.17) is 9.47 Å². The second kappa shape index (κ2) is 8.47. The van der Waals surface area contributed by atoms with Crippen LogP contribution in [0, 0.1) is 11.9 Å². The van der Waals surface area contributed by atoms with Crippen molar-refractivity contribution in [2.75, 3.05) is 20.4 Å². The van der Waals surface area contributed by atoms with Crippen molar-refractivity contribution in [2.24, 2.45) is 0 Å². The largest absolute Gasteiger partial charge is 0.480 e. The molecule has 0 saturated heterocycles. The number of hydrogen-bond acceptors (Lipinski definition) is 3. The number of rotatable bonds is 5. The van der Waals surface area contributed by atoms with E-state index in [9.17, 15) is 4.39 Å². The van der Waals surface area contributed by atoms with Crippen molar-refractivity contribution >= 4 is 5.70 Å². The third-order valence-corrected chi connectivity index (χ3v) is 2.97. The number of nitrogens with zero attached hydrogens (tertiary/aromatic N) is 1. The zero-order chi connectivity index (χ0) is 14.5. The Hall–Kier alpha value is -0.966. The Labute approximate surface area is 150 Å². The van der Waals surface area contributed by atoms with Gasteiger partial charge in [-0.25, -0.2) is 4.39 Å². The van der Waals surface area contributed by atoms with E-state index in [-0.39, 0.29) is 45.3 Å². The smallest absolute Gasteiger partial charge is 0.187 e. The van der Waals surface area contributed by atoms with Gasteiger partial charge in [-0.05, 0) is 30.3 Å². The molecule has 2 rings (SSSR count). The Morgan fingerprint density at radius 3 is 2.81 bits per heavy atom. The van der Waals surface area contributed by atoms with Crippen LogP contribution in [0.4, 0.5) is 4.39 Å². The van der Waals surface area contributed by atoms with Gasteiger partial charge in [0.05, 0.1) is 11.6 Å². The van der Waals surface area contributed by atoms with Crippen LogP contribution in [0.25, 0.3) is 5.70 Å². The van der Waals surface area contributed by atoms with E-state index in [1.807, 2.05) is 17.9 Å². The molecule has 0 aliphatic carbocycles. The number of methoxy groups -OCH3 is 1. The fourth-order valence-corrected chi connectivity index (χ4v) is 2.07. The molecule has 1 heterocycles. The number of allylic oxidation sites excluding steroid dienone is 3. The average Bonchev–Trinajstić information content (AvgIpc) is 2.45. The fraction of sp³-hybridized carbons (Fsp3) is 0.250. The van der Waals surface area contributed by atoms with E-state index in [1.54, 1.807) is 18.2 Å². The van der Waals surface area contributed by atoms with Crippen LogP contribution in [-0.2, 0) is 37.4 Å². The second-order valence-corrected chi connectivity index (χ2v) is 4.23. The molecule has 0 saturated carbocycles. The van der Waals surface area contributed by atoms with Crippen molar-refractivity contribution in [1.29, 1.82) is 0 Å². The molecule has 0 N–H and O–H groups in total. The number of likely N-dealkylation sites (N-methyl/N-ethyl adjacent to an activating group) is 1. The first-order valence-corrected chi connectivity index (χ1v) is 6.36. The van der Waals surface area contributed by atoms with Crippen molar-refractivity contribution in [3.8, 4) is 5.75 Å². The normalized spacial score (nSPS) is 13.8. The Morgan fingerprint density at radius 2 is 2.14 bits per heavy atom. The van der Waals surface area contributed by atoms with Gasteiger partial charge in [-0.3, -0.25) is 0 Å². The summed E-state index contributed by atoms with van der Waals surface area (Å²) >= 11 is 0. The monoisotopic (exact) mass is 363 g/mol. The Kier molecular flexibility index (Phi) is 7.29. The van der Waals surface area contributed by atoms with Gasteiger partial charge in [0.1, 0.15) is 0 Å². The van der Waals surface area contributed by atoms with Crippen LogP contribution in [0.15, 0.2) is 42.6 Å². The third kappa shape index (κ3) is 4.03. The van der Waals surface area contributed by atoms with E-state index in [2.05, 4.69) is 12.7 Å². The van der Waals surface area contributed by atoms with E-state index < -0.39 is 0 Å². The van der Waals surface area contributed by atoms with Crippen LogP contribution in [0.1, 0.15) is 12.5 Å². The molecule has 3 nitrogen and oxygen atoms in total. The van der Waals surface area contributed by atoms with E-state index >= 15 is 0 Å². The van der Waals surface area contributed by atoms with Gasteiger partial charge in [-0.2, -0.15) is 12.2 Å². The molecule has 0 fully saturated rings. The summed E-state index contributed by atoms with van der Waals surface area (Å²) in [6.07, 6.45) is 6.63. The van der Waals surface area contributed by atoms with Gasteiger partial charge in [-0.15, -0.1) is 6.08 Å². The minimum atomic E-state index is -0.359. The fourth-order valence-electron chi connectivity index (χ4n) is 2.07. The second-order valence-electron chi connectivity index (χ2n) is 4.23. The van der Waals surface area contributed by atoms with Gasteiger partial charge in [-0.1, -0.05) is 18.3 Å². The van der Waals surface area contributed by atoms with Gasteiger partial charge >= 0.3 is 0 Å². The molecule has 1 aromatic rings. The van der Waals surface area contributed by atoms with Crippen molar-refractivity contribution in [3.63, 3.8) is 0 Å². The Bertz CT molecular complexity index is 569. The number of hydrogen-bond donors (Lipinski definition) is 0. The summed E-state index contributed by atoms with van der Waals surface area (Å²) in [4.78, 5) is 1.89. The molecule has 1 aliphatic rings. The van der Waals surface area contributed by atoms with Crippen molar-refractivity contribution in [1.82, 2.24) is 4.90 Å². The first-order valence-electron chi connectivity index (χ1n) is 6.36. The summed E-state index contributed by atoms with van der Waals surface area (Å²) in [6.45, 7) is 6.66. The molecule has 21 heavy (non-hydrogen) atoms. The number of benzene rings is 1. The zero-order valence-corrected chi connectivity index (χ0v) is 15.1. The van der Waals surface area contributed by atoms with Crippen LogP contribution in [-0.4, -0.2) is 25.3 Å². The third-order valence-electron chi connectivity index (χ3n) is 2.97. The standard InChI is InChI=1S/C16H17FNO2.Y/c1-4-18-12(2)7-5-9-14(18)16-13(17)8-6-10-15(16)20-11-19-3;/h5-8,10H,2,4,11H2,1,3H3;/q-1;. The maximum Gasteiger partial charge on any atom is 0.187 e. The van der Waals surface area contributed by atoms with E-state index in [0.717, 1.165) is 5.70 Å². The summed E-state index contributed by atoms with van der Waals surface area (Å²) in [7, 11) is 1.52. The maximum atomic E-state index is 14.2. The van der Waals surface area contributed by atoms with Crippen LogP contribution in [0.2, 0.25) is 0 Å². The SMILES string of the molecule is C=C1C=C[C-]=C(c2c(F)cccc2OCOC)N1CC.[Y]. The maximum absolute atomic E-state index is 14.2. The van der Waals surface area contributed by atoms with Crippen molar-refractivity contribution in [2.45, 2.75) is 6.92 Å². The minimum Gasteiger partial charge on any atom is -0.480 e. The van der Waals surface area contributed by atoms with Gasteiger partial charge < -0.3 is 14.4 Å². The molecule has 0 aromatic heterocycles. The van der Waals surface area contributed by atoms with Gasteiger partial charge in [0.15, 0.2) is 6.79 Å². The summed E-state index contributed by atoms with van der Waals surface area (Å²) in [5.41, 5.74) is 1.78. The molecule has 109 valence electrons. The first-order chi connectivity index (χ1) is 9.69. The number of halogens is 1. The van der Waals surface area contributed by atoms with Crippen LogP contribution < -0.4 is 4.74 Å². The summed E-state index contributed by atoms with van der Waals surface area (Å²) in [5.74, 6) is 0.0681.